The van der Waals surface area contributed by atoms with Crippen LogP contribution in [-0.2, 0) is 11.2 Å². The van der Waals surface area contributed by atoms with Crippen LogP contribution in [0.1, 0.15) is 47.6 Å². The normalized spacial score (nSPS) is 17.0. The number of carbonyl (C=O) groups is 1. The molecule has 1 fully saturated rings. The SMILES string of the molecule is O=C1CC[C@@H](c2nc(CC(c3ccccc3)c3ccccc3)no2)N1. The highest BCUT2D eigenvalue weighted by atomic mass is 16.5. The Labute approximate surface area is 146 Å². The molecule has 2 aromatic carbocycles. The van der Waals surface area contributed by atoms with Crippen molar-refractivity contribution in [2.75, 3.05) is 0 Å². The van der Waals surface area contributed by atoms with Gasteiger partial charge in [0.15, 0.2) is 5.82 Å². The van der Waals surface area contributed by atoms with Gasteiger partial charge in [0.2, 0.25) is 11.8 Å². The Hall–Kier alpha value is -2.95. The van der Waals surface area contributed by atoms with Gasteiger partial charge in [-0.25, -0.2) is 0 Å². The molecule has 0 saturated carbocycles. The molecule has 1 amide bonds. The van der Waals surface area contributed by atoms with E-state index in [4.69, 9.17) is 4.52 Å². The van der Waals surface area contributed by atoms with Gasteiger partial charge in [-0.05, 0) is 17.5 Å². The van der Waals surface area contributed by atoms with Gasteiger partial charge in [0.05, 0.1) is 0 Å². The smallest absolute Gasteiger partial charge is 0.249 e. The molecule has 25 heavy (non-hydrogen) atoms. The first-order valence-electron chi connectivity index (χ1n) is 8.51. The standard InChI is InChI=1S/C20H19N3O2/c24-19-12-11-17(21-19)20-22-18(23-25-20)13-16(14-7-3-1-4-8-14)15-9-5-2-6-10-15/h1-10,16-17H,11-13H2,(H,21,24)/t17-/m0/s1. The van der Waals surface area contributed by atoms with Crippen LogP contribution in [-0.4, -0.2) is 16.0 Å². The van der Waals surface area contributed by atoms with E-state index in [1.54, 1.807) is 0 Å². The maximum atomic E-state index is 11.4. The molecule has 1 aliphatic heterocycles. The van der Waals surface area contributed by atoms with E-state index in [-0.39, 0.29) is 17.9 Å². The van der Waals surface area contributed by atoms with Crippen LogP contribution in [0.2, 0.25) is 0 Å². The molecule has 5 heteroatoms. The Balaban J connectivity index is 1.59. The number of aromatic nitrogens is 2. The number of nitrogens with one attached hydrogen (secondary N) is 1. The van der Waals surface area contributed by atoms with Crippen molar-refractivity contribution in [1.82, 2.24) is 15.5 Å². The molecule has 2 heterocycles. The third-order valence-electron chi connectivity index (χ3n) is 4.57. The Bertz CT molecular complexity index is 806. The average molecular weight is 333 g/mol. The van der Waals surface area contributed by atoms with Crippen LogP contribution in [0.25, 0.3) is 0 Å². The number of hydrogen-bond acceptors (Lipinski definition) is 4. The molecule has 126 valence electrons. The van der Waals surface area contributed by atoms with Gasteiger partial charge in [-0.15, -0.1) is 0 Å². The van der Waals surface area contributed by atoms with E-state index >= 15 is 0 Å². The predicted octanol–water partition coefficient (Wildman–Crippen LogP) is 3.40. The van der Waals surface area contributed by atoms with Gasteiger partial charge in [0, 0.05) is 18.8 Å². The first-order chi connectivity index (χ1) is 12.3. The van der Waals surface area contributed by atoms with Crippen molar-refractivity contribution in [3.05, 3.63) is 83.5 Å². The fraction of sp³-hybridized carbons (Fsp3) is 0.250. The fourth-order valence-corrected chi connectivity index (χ4v) is 3.27. The van der Waals surface area contributed by atoms with Gasteiger partial charge in [-0.2, -0.15) is 4.98 Å². The van der Waals surface area contributed by atoms with Crippen LogP contribution in [0.5, 0.6) is 0 Å². The second-order valence-corrected chi connectivity index (χ2v) is 6.29. The molecule has 0 unspecified atom stereocenters. The van der Waals surface area contributed by atoms with Crippen LogP contribution < -0.4 is 5.32 Å². The van der Waals surface area contributed by atoms with E-state index in [0.717, 1.165) is 0 Å². The molecule has 1 saturated heterocycles. The number of carbonyl (C=O) groups excluding carboxylic acids is 1. The van der Waals surface area contributed by atoms with E-state index in [1.807, 2.05) is 36.4 Å². The van der Waals surface area contributed by atoms with Crippen molar-refractivity contribution < 1.29 is 9.32 Å². The molecule has 5 nitrogen and oxygen atoms in total. The number of rotatable bonds is 5. The summed E-state index contributed by atoms with van der Waals surface area (Å²) in [5.41, 5.74) is 2.43. The molecule has 0 spiro atoms. The van der Waals surface area contributed by atoms with E-state index < -0.39 is 0 Å². The molecule has 4 rings (SSSR count). The summed E-state index contributed by atoms with van der Waals surface area (Å²) >= 11 is 0. The van der Waals surface area contributed by atoms with Crippen LogP contribution in [0.3, 0.4) is 0 Å². The van der Waals surface area contributed by atoms with E-state index in [0.29, 0.717) is 31.0 Å². The van der Waals surface area contributed by atoms with Crippen molar-refractivity contribution in [3.63, 3.8) is 0 Å². The monoisotopic (exact) mass is 333 g/mol. The van der Waals surface area contributed by atoms with Gasteiger partial charge in [-0.1, -0.05) is 65.8 Å². The van der Waals surface area contributed by atoms with Gasteiger partial charge >= 0.3 is 0 Å². The largest absolute Gasteiger partial charge is 0.344 e. The third-order valence-corrected chi connectivity index (χ3v) is 4.57. The predicted molar refractivity (Wildman–Crippen MR) is 92.8 cm³/mol. The molecule has 3 aromatic rings. The minimum atomic E-state index is -0.152. The lowest BCUT2D eigenvalue weighted by Crippen LogP contribution is -2.18. The third kappa shape index (κ3) is 3.45. The minimum absolute atomic E-state index is 0.0381. The number of benzene rings is 2. The molecule has 1 aliphatic rings. The summed E-state index contributed by atoms with van der Waals surface area (Å²) in [6.45, 7) is 0. The lowest BCUT2D eigenvalue weighted by Gasteiger charge is -2.16. The first-order valence-corrected chi connectivity index (χ1v) is 8.51. The number of amides is 1. The zero-order valence-corrected chi connectivity index (χ0v) is 13.8. The second-order valence-electron chi connectivity index (χ2n) is 6.29. The Morgan fingerprint density at radius 2 is 1.68 bits per heavy atom. The van der Waals surface area contributed by atoms with E-state index in [2.05, 4.69) is 39.7 Å². The molecule has 1 atom stereocenters. The quantitative estimate of drug-likeness (QED) is 0.777. The Kier molecular flexibility index (Phi) is 4.29. The van der Waals surface area contributed by atoms with Crippen molar-refractivity contribution in [2.24, 2.45) is 0 Å². The highest BCUT2D eigenvalue weighted by Gasteiger charge is 2.28. The first kappa shape index (κ1) is 15.6. The summed E-state index contributed by atoms with van der Waals surface area (Å²) in [5, 5.41) is 7.00. The zero-order chi connectivity index (χ0) is 17.1. The molecular weight excluding hydrogens is 314 g/mol. The lowest BCUT2D eigenvalue weighted by molar-refractivity contribution is -0.119. The minimum Gasteiger partial charge on any atom is -0.344 e. The maximum absolute atomic E-state index is 11.4. The number of nitrogens with zero attached hydrogens (tertiary/aromatic N) is 2. The van der Waals surface area contributed by atoms with Gasteiger partial charge in [0.1, 0.15) is 6.04 Å². The molecule has 1 N–H and O–H groups in total. The Morgan fingerprint density at radius 1 is 1.04 bits per heavy atom. The van der Waals surface area contributed by atoms with Gasteiger partial charge in [-0.3, -0.25) is 4.79 Å². The second kappa shape index (κ2) is 6.89. The Morgan fingerprint density at radius 3 is 2.24 bits per heavy atom. The van der Waals surface area contributed by atoms with Crippen molar-refractivity contribution in [1.29, 1.82) is 0 Å². The summed E-state index contributed by atoms with van der Waals surface area (Å²) in [7, 11) is 0. The van der Waals surface area contributed by atoms with Crippen molar-refractivity contribution in [2.45, 2.75) is 31.2 Å². The highest BCUT2D eigenvalue weighted by molar-refractivity contribution is 5.78. The summed E-state index contributed by atoms with van der Waals surface area (Å²) < 4.78 is 5.39. The van der Waals surface area contributed by atoms with Gasteiger partial charge in [0.25, 0.3) is 0 Å². The van der Waals surface area contributed by atoms with Crippen LogP contribution in [0.4, 0.5) is 0 Å². The summed E-state index contributed by atoms with van der Waals surface area (Å²) in [6, 6.07) is 20.5. The fourth-order valence-electron chi connectivity index (χ4n) is 3.27. The van der Waals surface area contributed by atoms with Crippen molar-refractivity contribution in [3.8, 4) is 0 Å². The van der Waals surface area contributed by atoms with Crippen LogP contribution in [0.15, 0.2) is 65.2 Å². The van der Waals surface area contributed by atoms with Crippen molar-refractivity contribution >= 4 is 5.91 Å². The summed E-state index contributed by atoms with van der Waals surface area (Å²) in [4.78, 5) is 15.9. The zero-order valence-electron chi connectivity index (χ0n) is 13.8. The van der Waals surface area contributed by atoms with Crippen LogP contribution in [0, 0.1) is 0 Å². The summed E-state index contributed by atoms with van der Waals surface area (Å²) in [5.74, 6) is 1.36. The highest BCUT2D eigenvalue weighted by Crippen LogP contribution is 2.29. The molecule has 0 aliphatic carbocycles. The van der Waals surface area contributed by atoms with Crippen LogP contribution >= 0.6 is 0 Å². The molecular formula is C20H19N3O2. The topological polar surface area (TPSA) is 68.0 Å². The lowest BCUT2D eigenvalue weighted by atomic mass is 9.88. The number of hydrogen-bond donors (Lipinski definition) is 1. The molecule has 0 bridgehead atoms. The molecule has 1 aromatic heterocycles. The molecule has 0 radical (unpaired) electrons. The average Bonchev–Trinajstić information content (AvgIpc) is 3.30. The summed E-state index contributed by atoms with van der Waals surface area (Å²) in [6.07, 6.45) is 1.87. The maximum Gasteiger partial charge on any atom is 0.249 e. The van der Waals surface area contributed by atoms with E-state index in [9.17, 15) is 4.79 Å². The van der Waals surface area contributed by atoms with E-state index in [1.165, 1.54) is 11.1 Å². The van der Waals surface area contributed by atoms with Gasteiger partial charge < -0.3 is 9.84 Å².